The molecule has 0 saturated carbocycles. The van der Waals surface area contributed by atoms with E-state index in [-0.39, 0.29) is 18.6 Å². The molecular weight excluding hydrogens is 258 g/mol. The molecule has 0 bridgehead atoms. The number of likely N-dealkylation sites (N-methyl/N-ethyl adjacent to an activating group) is 1. The second kappa shape index (κ2) is 7.87. The van der Waals surface area contributed by atoms with E-state index < -0.39 is 12.1 Å². The molecule has 5 nitrogen and oxygen atoms in total. The lowest BCUT2D eigenvalue weighted by Gasteiger charge is -2.22. The topological polar surface area (TPSA) is 78.8 Å². The SMILES string of the molecule is CNC(CCC(=O)O)C(O)c1ccc(OC(C)C)cc1. The first-order valence-electron chi connectivity index (χ1n) is 6.77. The van der Waals surface area contributed by atoms with E-state index in [2.05, 4.69) is 5.32 Å². The van der Waals surface area contributed by atoms with Gasteiger partial charge in [-0.05, 0) is 45.0 Å². The second-order valence-electron chi connectivity index (χ2n) is 5.01. The van der Waals surface area contributed by atoms with Crippen molar-refractivity contribution in [1.29, 1.82) is 0 Å². The zero-order chi connectivity index (χ0) is 15.1. The molecule has 0 aliphatic rings. The number of benzene rings is 1. The summed E-state index contributed by atoms with van der Waals surface area (Å²) < 4.78 is 5.54. The zero-order valence-corrected chi connectivity index (χ0v) is 12.2. The van der Waals surface area contributed by atoms with Crippen LogP contribution in [-0.4, -0.2) is 35.4 Å². The van der Waals surface area contributed by atoms with Crippen LogP contribution in [0.4, 0.5) is 0 Å². The average molecular weight is 281 g/mol. The summed E-state index contributed by atoms with van der Waals surface area (Å²) in [6, 6.07) is 6.93. The van der Waals surface area contributed by atoms with Crippen LogP contribution in [0.25, 0.3) is 0 Å². The number of rotatable bonds is 8. The van der Waals surface area contributed by atoms with E-state index in [4.69, 9.17) is 9.84 Å². The molecule has 1 aromatic carbocycles. The highest BCUT2D eigenvalue weighted by Gasteiger charge is 2.20. The zero-order valence-electron chi connectivity index (χ0n) is 12.2. The van der Waals surface area contributed by atoms with Crippen molar-refractivity contribution < 1.29 is 19.7 Å². The number of carbonyl (C=O) groups is 1. The van der Waals surface area contributed by atoms with Gasteiger partial charge in [-0.25, -0.2) is 0 Å². The fraction of sp³-hybridized carbons (Fsp3) is 0.533. The fourth-order valence-electron chi connectivity index (χ4n) is 1.99. The molecule has 0 radical (unpaired) electrons. The van der Waals surface area contributed by atoms with Crippen molar-refractivity contribution in [3.05, 3.63) is 29.8 Å². The molecule has 112 valence electrons. The molecule has 0 amide bonds. The molecule has 20 heavy (non-hydrogen) atoms. The van der Waals surface area contributed by atoms with Crippen LogP contribution in [-0.2, 0) is 4.79 Å². The van der Waals surface area contributed by atoms with Gasteiger partial charge in [0.2, 0.25) is 0 Å². The highest BCUT2D eigenvalue weighted by atomic mass is 16.5. The maximum Gasteiger partial charge on any atom is 0.303 e. The standard InChI is InChI=1S/C15H23NO4/c1-10(2)20-12-6-4-11(5-7-12)15(19)13(16-3)8-9-14(17)18/h4-7,10,13,15-16,19H,8-9H2,1-3H3,(H,17,18). The van der Waals surface area contributed by atoms with E-state index in [0.29, 0.717) is 6.42 Å². The molecule has 0 spiro atoms. The Morgan fingerprint density at radius 2 is 1.90 bits per heavy atom. The Morgan fingerprint density at radius 1 is 1.30 bits per heavy atom. The number of ether oxygens (including phenoxy) is 1. The van der Waals surface area contributed by atoms with Gasteiger partial charge in [-0.1, -0.05) is 12.1 Å². The van der Waals surface area contributed by atoms with Crippen LogP contribution < -0.4 is 10.1 Å². The van der Waals surface area contributed by atoms with Gasteiger partial charge in [0.25, 0.3) is 0 Å². The number of aliphatic carboxylic acids is 1. The predicted molar refractivity (Wildman–Crippen MR) is 76.9 cm³/mol. The van der Waals surface area contributed by atoms with Gasteiger partial charge in [0.15, 0.2) is 0 Å². The first-order valence-corrected chi connectivity index (χ1v) is 6.77. The molecular formula is C15H23NO4. The summed E-state index contributed by atoms with van der Waals surface area (Å²) in [7, 11) is 1.71. The van der Waals surface area contributed by atoms with Crippen molar-refractivity contribution in [2.45, 2.75) is 44.9 Å². The fourth-order valence-corrected chi connectivity index (χ4v) is 1.99. The van der Waals surface area contributed by atoms with Crippen LogP contribution in [0, 0.1) is 0 Å². The minimum absolute atomic E-state index is 0.0249. The largest absolute Gasteiger partial charge is 0.491 e. The second-order valence-corrected chi connectivity index (χ2v) is 5.01. The lowest BCUT2D eigenvalue weighted by Crippen LogP contribution is -2.32. The molecule has 0 aliphatic carbocycles. The van der Waals surface area contributed by atoms with Gasteiger partial charge < -0.3 is 20.3 Å². The lowest BCUT2D eigenvalue weighted by atomic mass is 9.98. The van der Waals surface area contributed by atoms with Crippen molar-refractivity contribution >= 4 is 5.97 Å². The van der Waals surface area contributed by atoms with E-state index in [9.17, 15) is 9.90 Å². The third kappa shape index (κ3) is 5.19. The highest BCUT2D eigenvalue weighted by Crippen LogP contribution is 2.23. The molecule has 2 atom stereocenters. The quantitative estimate of drug-likeness (QED) is 0.679. The average Bonchev–Trinajstić information content (AvgIpc) is 2.39. The molecule has 0 saturated heterocycles. The maximum atomic E-state index is 10.6. The van der Waals surface area contributed by atoms with Crippen LogP contribution in [0.3, 0.4) is 0 Å². The van der Waals surface area contributed by atoms with Gasteiger partial charge in [0, 0.05) is 12.5 Å². The summed E-state index contributed by atoms with van der Waals surface area (Å²) >= 11 is 0. The predicted octanol–water partition coefficient (Wildman–Crippen LogP) is 1.96. The van der Waals surface area contributed by atoms with Gasteiger partial charge in [0.1, 0.15) is 5.75 Å². The summed E-state index contributed by atoms with van der Waals surface area (Å²) in [5.41, 5.74) is 0.742. The molecule has 5 heteroatoms. The summed E-state index contributed by atoms with van der Waals surface area (Å²) in [5.74, 6) is -0.111. The first-order chi connectivity index (χ1) is 9.43. The summed E-state index contributed by atoms with van der Waals surface area (Å²) in [5, 5.41) is 21.9. The Morgan fingerprint density at radius 3 is 2.35 bits per heavy atom. The molecule has 1 aromatic rings. The Kier molecular flexibility index (Phi) is 6.48. The molecule has 0 aromatic heterocycles. The van der Waals surface area contributed by atoms with Crippen LogP contribution in [0.1, 0.15) is 38.4 Å². The monoisotopic (exact) mass is 281 g/mol. The number of carboxylic acid groups (broad SMARTS) is 1. The van der Waals surface area contributed by atoms with Crippen LogP contribution >= 0.6 is 0 Å². The van der Waals surface area contributed by atoms with Crippen molar-refractivity contribution in [2.75, 3.05) is 7.05 Å². The molecule has 2 unspecified atom stereocenters. The van der Waals surface area contributed by atoms with Crippen LogP contribution in [0.15, 0.2) is 24.3 Å². The molecule has 0 aliphatic heterocycles. The van der Waals surface area contributed by atoms with E-state index in [1.54, 1.807) is 19.2 Å². The number of nitrogens with one attached hydrogen (secondary N) is 1. The van der Waals surface area contributed by atoms with Gasteiger partial charge in [-0.2, -0.15) is 0 Å². The van der Waals surface area contributed by atoms with Gasteiger partial charge >= 0.3 is 5.97 Å². The maximum absolute atomic E-state index is 10.6. The molecule has 1 rings (SSSR count). The number of hydrogen-bond donors (Lipinski definition) is 3. The Bertz CT molecular complexity index is 416. The Hall–Kier alpha value is -1.59. The summed E-state index contributed by atoms with van der Waals surface area (Å²) in [4.78, 5) is 10.6. The Labute approximate surface area is 119 Å². The smallest absolute Gasteiger partial charge is 0.303 e. The number of hydrogen-bond acceptors (Lipinski definition) is 4. The van der Waals surface area contributed by atoms with Gasteiger partial charge in [-0.3, -0.25) is 4.79 Å². The third-order valence-corrected chi connectivity index (χ3v) is 3.01. The van der Waals surface area contributed by atoms with Crippen molar-refractivity contribution in [2.24, 2.45) is 0 Å². The van der Waals surface area contributed by atoms with Gasteiger partial charge in [-0.15, -0.1) is 0 Å². The number of aliphatic hydroxyl groups is 1. The third-order valence-electron chi connectivity index (χ3n) is 3.01. The van der Waals surface area contributed by atoms with Crippen LogP contribution in [0.5, 0.6) is 5.75 Å². The minimum atomic E-state index is -0.863. The normalized spacial score (nSPS) is 14.1. The van der Waals surface area contributed by atoms with Crippen molar-refractivity contribution in [3.8, 4) is 5.75 Å². The van der Waals surface area contributed by atoms with E-state index in [1.807, 2.05) is 26.0 Å². The van der Waals surface area contributed by atoms with Crippen molar-refractivity contribution in [1.82, 2.24) is 5.32 Å². The Balaban J connectivity index is 2.69. The first kappa shape index (κ1) is 16.5. The summed E-state index contributed by atoms with van der Waals surface area (Å²) in [6.07, 6.45) is -0.243. The lowest BCUT2D eigenvalue weighted by molar-refractivity contribution is -0.137. The molecule has 0 heterocycles. The number of carboxylic acids is 1. The highest BCUT2D eigenvalue weighted by molar-refractivity contribution is 5.66. The number of aliphatic hydroxyl groups excluding tert-OH is 1. The van der Waals surface area contributed by atoms with E-state index in [0.717, 1.165) is 11.3 Å². The van der Waals surface area contributed by atoms with Gasteiger partial charge in [0.05, 0.1) is 12.2 Å². The minimum Gasteiger partial charge on any atom is -0.491 e. The molecule has 0 fully saturated rings. The van der Waals surface area contributed by atoms with Crippen molar-refractivity contribution in [3.63, 3.8) is 0 Å². The van der Waals surface area contributed by atoms with E-state index >= 15 is 0 Å². The molecule has 3 N–H and O–H groups in total. The van der Waals surface area contributed by atoms with E-state index in [1.165, 1.54) is 0 Å². The summed E-state index contributed by atoms with van der Waals surface area (Å²) in [6.45, 7) is 3.90. The van der Waals surface area contributed by atoms with Crippen LogP contribution in [0.2, 0.25) is 0 Å².